The van der Waals surface area contributed by atoms with E-state index >= 15 is 0 Å². The van der Waals surface area contributed by atoms with E-state index in [0.717, 1.165) is 48.1 Å². The molecule has 44 heavy (non-hydrogen) atoms. The molecule has 0 aromatic carbocycles. The number of rotatable bonds is 35. The highest BCUT2D eigenvalue weighted by Gasteiger charge is 2.15. The lowest BCUT2D eigenvalue weighted by atomic mass is 10.1. The first-order chi connectivity index (χ1) is 21.1. The van der Waals surface area contributed by atoms with Crippen LogP contribution in [0.1, 0.15) is 90.9 Å². The Morgan fingerprint density at radius 3 is 1.64 bits per heavy atom. The van der Waals surface area contributed by atoms with Crippen LogP contribution in [0.4, 0.5) is 0 Å². The van der Waals surface area contributed by atoms with E-state index in [1.54, 1.807) is 0 Å². The van der Waals surface area contributed by atoms with Gasteiger partial charge in [-0.25, -0.2) is 0 Å². The molecular formula is C35H74N2O7+2. The monoisotopic (exact) mass is 635 g/mol. The summed E-state index contributed by atoms with van der Waals surface area (Å²) in [5, 5.41) is 0. The smallest absolute Gasteiger partial charge is 0.132 e. The normalized spacial score (nSPS) is 13.1. The molecule has 0 bridgehead atoms. The van der Waals surface area contributed by atoms with Crippen LogP contribution in [0.2, 0.25) is 0 Å². The number of hydrogen-bond acceptors (Lipinski definition) is 7. The highest BCUT2D eigenvalue weighted by molar-refractivity contribution is 5.77. The molecule has 0 N–H and O–H groups in total. The second-order valence-electron chi connectivity index (χ2n) is 13.7. The first-order valence-electron chi connectivity index (χ1n) is 17.7. The Labute approximate surface area is 272 Å². The summed E-state index contributed by atoms with van der Waals surface area (Å²) in [4.78, 5) is 11.4. The van der Waals surface area contributed by atoms with Gasteiger partial charge in [-0.05, 0) is 25.7 Å². The van der Waals surface area contributed by atoms with Crippen LogP contribution in [0.5, 0.6) is 0 Å². The SMILES string of the molecule is CCCCCCCCCC[N+](C)(C)CCOCCOC(COCCOCCCCC(=O)CC)COCCOCC[N+](C)(C)C. The van der Waals surface area contributed by atoms with E-state index in [4.69, 9.17) is 28.4 Å². The maximum Gasteiger partial charge on any atom is 0.132 e. The van der Waals surface area contributed by atoms with Crippen molar-refractivity contribution in [1.82, 2.24) is 0 Å². The molecule has 1 atom stereocenters. The van der Waals surface area contributed by atoms with Crippen LogP contribution in [0.15, 0.2) is 0 Å². The highest BCUT2D eigenvalue weighted by atomic mass is 16.6. The number of ketones is 1. The largest absolute Gasteiger partial charge is 0.379 e. The van der Waals surface area contributed by atoms with Crippen molar-refractivity contribution in [3.8, 4) is 0 Å². The van der Waals surface area contributed by atoms with E-state index in [-0.39, 0.29) is 6.10 Å². The van der Waals surface area contributed by atoms with E-state index in [1.807, 2.05) is 6.92 Å². The molecular weight excluding hydrogens is 560 g/mol. The molecule has 0 aliphatic carbocycles. The molecule has 0 aromatic rings. The number of hydrogen-bond donors (Lipinski definition) is 0. The van der Waals surface area contributed by atoms with Gasteiger partial charge in [-0.2, -0.15) is 0 Å². The first kappa shape index (κ1) is 43.4. The highest BCUT2D eigenvalue weighted by Crippen LogP contribution is 2.10. The summed E-state index contributed by atoms with van der Waals surface area (Å²) in [6.07, 6.45) is 13.8. The third-order valence-corrected chi connectivity index (χ3v) is 7.69. The predicted octanol–water partition coefficient (Wildman–Crippen LogP) is 5.53. The van der Waals surface area contributed by atoms with Crippen molar-refractivity contribution >= 4 is 5.78 Å². The Kier molecular flexibility index (Phi) is 29.3. The van der Waals surface area contributed by atoms with Crippen molar-refractivity contribution in [2.24, 2.45) is 0 Å². The van der Waals surface area contributed by atoms with Crippen LogP contribution in [-0.2, 0) is 33.2 Å². The summed E-state index contributed by atoms with van der Waals surface area (Å²) in [5.41, 5.74) is 0. The first-order valence-corrected chi connectivity index (χ1v) is 17.7. The molecule has 264 valence electrons. The third kappa shape index (κ3) is 32.7. The number of likely N-dealkylation sites (N-methyl/N-ethyl adjacent to an activating group) is 2. The summed E-state index contributed by atoms with van der Waals surface area (Å²) >= 11 is 0. The Morgan fingerprint density at radius 2 is 1.05 bits per heavy atom. The zero-order chi connectivity index (χ0) is 32.8. The van der Waals surface area contributed by atoms with Crippen molar-refractivity contribution in [3.05, 3.63) is 0 Å². The Morgan fingerprint density at radius 1 is 0.523 bits per heavy atom. The summed E-state index contributed by atoms with van der Waals surface area (Å²) < 4.78 is 36.9. The van der Waals surface area contributed by atoms with Crippen molar-refractivity contribution in [1.29, 1.82) is 0 Å². The maximum absolute atomic E-state index is 11.4. The van der Waals surface area contributed by atoms with Crippen molar-refractivity contribution in [3.63, 3.8) is 0 Å². The second kappa shape index (κ2) is 29.7. The predicted molar refractivity (Wildman–Crippen MR) is 180 cm³/mol. The molecule has 9 heteroatoms. The zero-order valence-corrected chi connectivity index (χ0v) is 30.2. The third-order valence-electron chi connectivity index (χ3n) is 7.69. The van der Waals surface area contributed by atoms with Crippen LogP contribution in [0.3, 0.4) is 0 Å². The summed E-state index contributed by atoms with van der Waals surface area (Å²) in [6.45, 7) is 13.6. The standard InChI is InChI=1S/C35H74N2O7/c1-8-10-11-12-13-14-15-17-20-37(6,7)22-25-41-30-31-44-35(33-43-29-27-40-24-21-36(3,4)5)32-42-28-26-39-23-18-16-19-34(38)9-2/h35H,8-33H2,1-7H3/q+2. The van der Waals surface area contributed by atoms with Gasteiger partial charge in [0.05, 0.1) is 108 Å². The number of nitrogens with zero attached hydrogens (tertiary/aromatic N) is 2. The second-order valence-corrected chi connectivity index (χ2v) is 13.7. The fourth-order valence-corrected chi connectivity index (χ4v) is 4.53. The van der Waals surface area contributed by atoms with Crippen molar-refractivity contribution < 1.29 is 42.2 Å². The lowest BCUT2D eigenvalue weighted by molar-refractivity contribution is -0.891. The van der Waals surface area contributed by atoms with Crippen molar-refractivity contribution in [2.45, 2.75) is 97.0 Å². The average Bonchev–Trinajstić information content (AvgIpc) is 2.97. The van der Waals surface area contributed by atoms with Crippen LogP contribution >= 0.6 is 0 Å². The average molecular weight is 635 g/mol. The molecule has 0 aliphatic heterocycles. The minimum Gasteiger partial charge on any atom is -0.379 e. The number of ether oxygens (including phenoxy) is 6. The van der Waals surface area contributed by atoms with E-state index in [9.17, 15) is 4.79 Å². The Bertz CT molecular complexity index is 629. The molecule has 0 fully saturated rings. The Balaban J connectivity index is 4.13. The minimum absolute atomic E-state index is 0.168. The fraction of sp³-hybridized carbons (Fsp3) is 0.971. The number of carbonyl (C=O) groups excluding carboxylic acids is 1. The van der Waals surface area contributed by atoms with Crippen LogP contribution in [-0.4, -0.2) is 148 Å². The summed E-state index contributed by atoms with van der Waals surface area (Å²) in [6, 6.07) is 0. The number of carbonyl (C=O) groups is 1. The number of quaternary nitrogens is 2. The molecule has 0 aliphatic rings. The van der Waals surface area contributed by atoms with Gasteiger partial charge in [-0.1, -0.05) is 52.4 Å². The minimum atomic E-state index is -0.168. The molecule has 0 aromatic heterocycles. The van der Waals surface area contributed by atoms with E-state index in [1.165, 1.54) is 57.9 Å². The van der Waals surface area contributed by atoms with Crippen LogP contribution < -0.4 is 0 Å². The van der Waals surface area contributed by atoms with Gasteiger partial charge in [-0.3, -0.25) is 4.79 Å². The van der Waals surface area contributed by atoms with E-state index in [2.05, 4.69) is 42.2 Å². The van der Waals surface area contributed by atoms with Gasteiger partial charge in [0.1, 0.15) is 25.0 Å². The molecule has 0 amide bonds. The van der Waals surface area contributed by atoms with Gasteiger partial charge in [0.15, 0.2) is 0 Å². The van der Waals surface area contributed by atoms with E-state index < -0.39 is 0 Å². The van der Waals surface area contributed by atoms with Crippen LogP contribution in [0.25, 0.3) is 0 Å². The summed E-state index contributed by atoms with van der Waals surface area (Å²) in [5.74, 6) is 0.319. The van der Waals surface area contributed by atoms with E-state index in [0.29, 0.717) is 78.1 Å². The molecule has 1 unspecified atom stereocenters. The number of Topliss-reactive ketones (excluding diaryl/α,β-unsaturated/α-hetero) is 1. The lowest BCUT2D eigenvalue weighted by Crippen LogP contribution is -2.43. The van der Waals surface area contributed by atoms with Gasteiger partial charge in [0.25, 0.3) is 0 Å². The maximum atomic E-state index is 11.4. The molecule has 0 heterocycles. The van der Waals surface area contributed by atoms with Crippen molar-refractivity contribution in [2.75, 3.05) is 128 Å². The molecule has 0 radical (unpaired) electrons. The van der Waals surface area contributed by atoms with Gasteiger partial charge in [0.2, 0.25) is 0 Å². The van der Waals surface area contributed by atoms with Crippen LogP contribution in [0, 0.1) is 0 Å². The fourth-order valence-electron chi connectivity index (χ4n) is 4.53. The summed E-state index contributed by atoms with van der Waals surface area (Å²) in [7, 11) is 11.1. The topological polar surface area (TPSA) is 72.5 Å². The quantitative estimate of drug-likeness (QED) is 0.0671. The zero-order valence-electron chi connectivity index (χ0n) is 30.2. The van der Waals surface area contributed by atoms with Gasteiger partial charge in [-0.15, -0.1) is 0 Å². The Hall–Kier alpha value is -0.650. The van der Waals surface area contributed by atoms with Gasteiger partial charge in [0, 0.05) is 19.4 Å². The number of unbranched alkanes of at least 4 members (excludes halogenated alkanes) is 8. The molecule has 0 spiro atoms. The lowest BCUT2D eigenvalue weighted by Gasteiger charge is -2.29. The van der Waals surface area contributed by atoms with Gasteiger partial charge < -0.3 is 37.4 Å². The van der Waals surface area contributed by atoms with Gasteiger partial charge >= 0.3 is 0 Å². The molecule has 9 nitrogen and oxygen atoms in total. The molecule has 0 rings (SSSR count). The molecule has 0 saturated heterocycles. The molecule has 0 saturated carbocycles.